The van der Waals surface area contributed by atoms with Gasteiger partial charge in [0.2, 0.25) is 10.0 Å². The molecule has 0 saturated heterocycles. The van der Waals surface area contributed by atoms with Gasteiger partial charge in [-0.15, -0.1) is 0 Å². The summed E-state index contributed by atoms with van der Waals surface area (Å²) in [4.78, 5) is 17.0. The summed E-state index contributed by atoms with van der Waals surface area (Å²) in [5.41, 5.74) is 1.43. The van der Waals surface area contributed by atoms with Gasteiger partial charge in [-0.05, 0) is 49.4 Å². The maximum absolute atomic E-state index is 12.5. The molecule has 1 atom stereocenters. The number of fused-ring (bicyclic) bond motifs is 1. The van der Waals surface area contributed by atoms with E-state index in [1.165, 1.54) is 38.0 Å². The number of carbonyl (C=O) groups excluding carboxylic acids is 1. The summed E-state index contributed by atoms with van der Waals surface area (Å²) in [7, 11) is -0.623. The van der Waals surface area contributed by atoms with Crippen LogP contribution in [0.2, 0.25) is 5.02 Å². The van der Waals surface area contributed by atoms with Crippen LogP contribution in [0.4, 0.5) is 0 Å². The lowest BCUT2D eigenvalue weighted by molar-refractivity contribution is 0.0993. The summed E-state index contributed by atoms with van der Waals surface area (Å²) in [5.74, 6) is -0.0743. The van der Waals surface area contributed by atoms with Crippen molar-refractivity contribution in [2.24, 2.45) is 0 Å². The number of thioether (sulfide) groups is 1. The first-order chi connectivity index (χ1) is 12.7. The third kappa shape index (κ3) is 4.19. The van der Waals surface area contributed by atoms with Gasteiger partial charge in [0.25, 0.3) is 5.22 Å². The molecule has 1 aromatic heterocycles. The molecular formula is C18H17ClN2O4S2. The lowest BCUT2D eigenvalue weighted by Gasteiger charge is -2.10. The normalized spacial score (nSPS) is 13.2. The van der Waals surface area contributed by atoms with Crippen molar-refractivity contribution in [3.05, 3.63) is 53.1 Å². The molecule has 0 aliphatic carbocycles. The number of rotatable bonds is 6. The molecule has 0 spiro atoms. The molecule has 0 aliphatic heterocycles. The van der Waals surface area contributed by atoms with Crippen molar-refractivity contribution in [2.45, 2.75) is 22.3 Å². The van der Waals surface area contributed by atoms with Gasteiger partial charge in [0.15, 0.2) is 11.4 Å². The predicted molar refractivity (Wildman–Crippen MR) is 106 cm³/mol. The highest BCUT2D eigenvalue weighted by molar-refractivity contribution is 8.00. The molecule has 0 radical (unpaired) electrons. The molecule has 9 heteroatoms. The summed E-state index contributed by atoms with van der Waals surface area (Å²) in [6.45, 7) is 1.76. The fourth-order valence-corrected chi connectivity index (χ4v) is 4.24. The smallest absolute Gasteiger partial charge is 0.257 e. The molecular weight excluding hydrogens is 408 g/mol. The van der Waals surface area contributed by atoms with Gasteiger partial charge in [-0.3, -0.25) is 4.79 Å². The zero-order valence-electron chi connectivity index (χ0n) is 14.8. The maximum atomic E-state index is 12.5. The Morgan fingerprint density at radius 1 is 1.19 bits per heavy atom. The Bertz CT molecular complexity index is 1090. The number of ketones is 1. The fraction of sp³-hybridized carbons (Fsp3) is 0.222. The molecule has 6 nitrogen and oxygen atoms in total. The molecule has 0 saturated carbocycles. The highest BCUT2D eigenvalue weighted by atomic mass is 35.5. The van der Waals surface area contributed by atoms with Crippen LogP contribution < -0.4 is 0 Å². The molecule has 0 bridgehead atoms. The average molecular weight is 425 g/mol. The summed E-state index contributed by atoms with van der Waals surface area (Å²) >= 11 is 7.02. The van der Waals surface area contributed by atoms with Crippen LogP contribution in [0.5, 0.6) is 0 Å². The van der Waals surface area contributed by atoms with Gasteiger partial charge in [0.05, 0.1) is 10.1 Å². The van der Waals surface area contributed by atoms with Crippen LogP contribution in [-0.2, 0) is 10.0 Å². The minimum atomic E-state index is -3.56. The zero-order chi connectivity index (χ0) is 19.8. The predicted octanol–water partition coefficient (Wildman–Crippen LogP) is 4.10. The minimum absolute atomic E-state index is 0.0743. The standard InChI is InChI=1S/C18H17ClN2O4S2/c1-11(17(22)12-4-6-13(19)7-5-12)26-18-20-15-10-14(8-9-16(15)25-18)27(23,24)21(2)3/h4-11H,1-3H3. The zero-order valence-corrected chi connectivity index (χ0v) is 17.2. The number of Topliss-reactive ketones (excluding diaryl/α,β-unsaturated/α-hetero) is 1. The van der Waals surface area contributed by atoms with E-state index in [0.717, 1.165) is 4.31 Å². The number of oxazole rings is 1. The minimum Gasteiger partial charge on any atom is -0.431 e. The van der Waals surface area contributed by atoms with Crippen molar-refractivity contribution in [2.75, 3.05) is 14.1 Å². The summed E-state index contributed by atoms with van der Waals surface area (Å²) in [6.07, 6.45) is 0. The van der Waals surface area contributed by atoms with Crippen LogP contribution in [0.15, 0.2) is 57.0 Å². The van der Waals surface area contributed by atoms with E-state index < -0.39 is 15.3 Å². The van der Waals surface area contributed by atoms with E-state index in [4.69, 9.17) is 16.0 Å². The Balaban J connectivity index is 1.83. The van der Waals surface area contributed by atoms with Gasteiger partial charge < -0.3 is 4.42 Å². The van der Waals surface area contributed by atoms with Gasteiger partial charge in [-0.2, -0.15) is 0 Å². The van der Waals surface area contributed by atoms with Gasteiger partial charge in [-0.1, -0.05) is 23.4 Å². The van der Waals surface area contributed by atoms with Crippen LogP contribution in [0.1, 0.15) is 17.3 Å². The third-order valence-corrected chi connectivity index (χ3v) is 6.90. The molecule has 0 aliphatic rings. The maximum Gasteiger partial charge on any atom is 0.257 e. The quantitative estimate of drug-likeness (QED) is 0.438. The molecule has 1 heterocycles. The van der Waals surface area contributed by atoms with Crippen molar-refractivity contribution in [1.29, 1.82) is 0 Å². The Morgan fingerprint density at radius 2 is 1.85 bits per heavy atom. The van der Waals surface area contributed by atoms with Crippen LogP contribution in [-0.4, -0.2) is 42.8 Å². The highest BCUT2D eigenvalue weighted by Crippen LogP contribution is 2.30. The topological polar surface area (TPSA) is 80.5 Å². The van der Waals surface area contributed by atoms with E-state index in [0.29, 0.717) is 26.9 Å². The average Bonchev–Trinajstić information content (AvgIpc) is 3.02. The first-order valence-corrected chi connectivity index (χ1v) is 10.7. The number of nitrogens with zero attached hydrogens (tertiary/aromatic N) is 2. The number of benzene rings is 2. The van der Waals surface area contributed by atoms with Crippen molar-refractivity contribution in [1.82, 2.24) is 9.29 Å². The van der Waals surface area contributed by atoms with E-state index >= 15 is 0 Å². The summed E-state index contributed by atoms with van der Waals surface area (Å²) in [6, 6.07) is 11.2. The lowest BCUT2D eigenvalue weighted by Crippen LogP contribution is -2.22. The number of sulfonamides is 1. The third-order valence-electron chi connectivity index (χ3n) is 3.89. The first kappa shape index (κ1) is 19.9. The van der Waals surface area contributed by atoms with E-state index in [9.17, 15) is 13.2 Å². The Morgan fingerprint density at radius 3 is 2.48 bits per heavy atom. The molecule has 27 heavy (non-hydrogen) atoms. The Hall–Kier alpha value is -1.87. The molecule has 142 valence electrons. The highest BCUT2D eigenvalue weighted by Gasteiger charge is 2.21. The second-order valence-electron chi connectivity index (χ2n) is 6.03. The van der Waals surface area contributed by atoms with E-state index in [-0.39, 0.29) is 10.7 Å². The van der Waals surface area contributed by atoms with Crippen molar-refractivity contribution < 1.29 is 17.6 Å². The van der Waals surface area contributed by atoms with Crippen molar-refractivity contribution in [3.63, 3.8) is 0 Å². The lowest BCUT2D eigenvalue weighted by atomic mass is 10.1. The Labute approximate surface area is 166 Å². The monoisotopic (exact) mass is 424 g/mol. The van der Waals surface area contributed by atoms with Crippen molar-refractivity contribution in [3.8, 4) is 0 Å². The number of aromatic nitrogens is 1. The number of hydrogen-bond acceptors (Lipinski definition) is 6. The molecule has 0 fully saturated rings. The van der Waals surface area contributed by atoms with Crippen LogP contribution >= 0.6 is 23.4 Å². The molecule has 1 unspecified atom stereocenters. The second kappa shape index (κ2) is 7.63. The molecule has 2 aromatic carbocycles. The second-order valence-corrected chi connectivity index (χ2v) is 9.91. The number of carbonyl (C=O) groups is 1. The van der Waals surface area contributed by atoms with E-state index in [1.807, 2.05) is 0 Å². The SMILES string of the molecule is CC(Sc1nc2cc(S(=O)(=O)N(C)C)ccc2o1)C(=O)c1ccc(Cl)cc1. The molecule has 0 N–H and O–H groups in total. The van der Waals surface area contributed by atoms with Gasteiger partial charge in [0.1, 0.15) is 5.52 Å². The molecule has 0 amide bonds. The van der Waals surface area contributed by atoms with Crippen LogP contribution in [0, 0.1) is 0 Å². The van der Waals surface area contributed by atoms with Crippen molar-refractivity contribution >= 4 is 50.3 Å². The summed E-state index contributed by atoms with van der Waals surface area (Å²) in [5, 5.41) is 0.442. The largest absolute Gasteiger partial charge is 0.431 e. The molecule has 3 aromatic rings. The fourth-order valence-electron chi connectivity index (χ4n) is 2.36. The van der Waals surface area contributed by atoms with E-state index in [2.05, 4.69) is 4.98 Å². The number of halogens is 1. The Kier molecular flexibility index (Phi) is 5.62. The van der Waals surface area contributed by atoms with Crippen LogP contribution in [0.3, 0.4) is 0 Å². The van der Waals surface area contributed by atoms with Gasteiger partial charge in [-0.25, -0.2) is 17.7 Å². The number of hydrogen-bond donors (Lipinski definition) is 0. The van der Waals surface area contributed by atoms with E-state index in [1.54, 1.807) is 37.3 Å². The molecule has 3 rings (SSSR count). The van der Waals surface area contributed by atoms with Crippen LogP contribution in [0.25, 0.3) is 11.1 Å². The first-order valence-electron chi connectivity index (χ1n) is 7.98. The summed E-state index contributed by atoms with van der Waals surface area (Å²) < 4.78 is 31.3. The van der Waals surface area contributed by atoms with Gasteiger partial charge >= 0.3 is 0 Å². The van der Waals surface area contributed by atoms with Gasteiger partial charge in [0, 0.05) is 24.7 Å².